The van der Waals surface area contributed by atoms with Crippen molar-refractivity contribution in [3.63, 3.8) is 0 Å². The lowest BCUT2D eigenvalue weighted by molar-refractivity contribution is 0.0963. The fourth-order valence-corrected chi connectivity index (χ4v) is 3.12. The van der Waals surface area contributed by atoms with Gasteiger partial charge in [-0.1, -0.05) is 12.1 Å². The molecule has 2 N–H and O–H groups in total. The number of carbonyl (C=O) groups is 1. The van der Waals surface area contributed by atoms with E-state index >= 15 is 0 Å². The van der Waals surface area contributed by atoms with Crippen molar-refractivity contribution in [2.45, 2.75) is 6.92 Å². The summed E-state index contributed by atoms with van der Waals surface area (Å²) in [5, 5.41) is 1.05. The normalized spacial score (nSPS) is 11.4. The van der Waals surface area contributed by atoms with Crippen molar-refractivity contribution in [1.82, 2.24) is 14.1 Å². The van der Waals surface area contributed by atoms with Gasteiger partial charge < -0.3 is 10.3 Å². The Morgan fingerprint density at radius 3 is 2.83 bits per heavy atom. The SMILES string of the molecule is Cc1nc2cc(N)ccc2n1C(=O)c1cccc2ccn(C)c12. The van der Waals surface area contributed by atoms with Gasteiger partial charge in [0.05, 0.1) is 22.1 Å². The third-order valence-corrected chi connectivity index (χ3v) is 4.18. The molecule has 0 bridgehead atoms. The lowest BCUT2D eigenvalue weighted by atomic mass is 10.1. The number of nitrogens with two attached hydrogens (primary N) is 1. The van der Waals surface area contributed by atoms with Gasteiger partial charge in [-0.25, -0.2) is 4.98 Å². The van der Waals surface area contributed by atoms with Crippen LogP contribution < -0.4 is 5.73 Å². The number of aryl methyl sites for hydroxylation is 2. The number of nitrogen functional groups attached to an aromatic ring is 1. The lowest BCUT2D eigenvalue weighted by Gasteiger charge is -2.08. The molecule has 5 nitrogen and oxygen atoms in total. The van der Waals surface area contributed by atoms with Gasteiger partial charge in [-0.2, -0.15) is 0 Å². The summed E-state index contributed by atoms with van der Waals surface area (Å²) >= 11 is 0. The van der Waals surface area contributed by atoms with Crippen LogP contribution in [-0.4, -0.2) is 20.0 Å². The molecule has 114 valence electrons. The van der Waals surface area contributed by atoms with Gasteiger partial charge in [0.1, 0.15) is 5.82 Å². The third kappa shape index (κ3) is 1.93. The highest BCUT2D eigenvalue weighted by atomic mass is 16.2. The minimum atomic E-state index is -0.0813. The van der Waals surface area contributed by atoms with Crippen molar-refractivity contribution in [1.29, 1.82) is 0 Å². The molecule has 23 heavy (non-hydrogen) atoms. The van der Waals surface area contributed by atoms with Crippen molar-refractivity contribution in [2.75, 3.05) is 5.73 Å². The number of para-hydroxylation sites is 1. The molecule has 2 aromatic heterocycles. The second-order valence-electron chi connectivity index (χ2n) is 5.72. The second-order valence-corrected chi connectivity index (χ2v) is 5.72. The van der Waals surface area contributed by atoms with Gasteiger partial charge in [0.25, 0.3) is 5.91 Å². The molecule has 2 heterocycles. The summed E-state index contributed by atoms with van der Waals surface area (Å²) in [4.78, 5) is 17.6. The molecule has 4 aromatic rings. The van der Waals surface area contributed by atoms with Crippen molar-refractivity contribution >= 4 is 33.5 Å². The van der Waals surface area contributed by atoms with Crippen LogP contribution >= 0.6 is 0 Å². The Bertz CT molecular complexity index is 1070. The molecule has 0 atom stereocenters. The summed E-state index contributed by atoms with van der Waals surface area (Å²) in [7, 11) is 1.94. The topological polar surface area (TPSA) is 65.8 Å². The summed E-state index contributed by atoms with van der Waals surface area (Å²) in [6, 6.07) is 13.2. The molecule has 0 saturated carbocycles. The van der Waals surface area contributed by atoms with Gasteiger partial charge in [-0.05, 0) is 37.3 Å². The zero-order valence-corrected chi connectivity index (χ0v) is 12.9. The predicted molar refractivity (Wildman–Crippen MR) is 91.5 cm³/mol. The Balaban J connectivity index is 1.99. The standard InChI is InChI=1S/C18H16N4O/c1-11-20-15-10-13(19)6-7-16(15)22(11)18(23)14-5-3-4-12-8-9-21(2)17(12)14/h3-10H,19H2,1-2H3. The summed E-state index contributed by atoms with van der Waals surface area (Å²) < 4.78 is 3.62. The Hall–Kier alpha value is -3.08. The molecule has 0 aliphatic carbocycles. The van der Waals surface area contributed by atoms with E-state index in [0.717, 1.165) is 21.9 Å². The molecule has 5 heteroatoms. The molecular weight excluding hydrogens is 288 g/mol. The van der Waals surface area contributed by atoms with E-state index in [2.05, 4.69) is 4.98 Å². The zero-order valence-electron chi connectivity index (χ0n) is 12.9. The fourth-order valence-electron chi connectivity index (χ4n) is 3.12. The monoisotopic (exact) mass is 304 g/mol. The Morgan fingerprint density at radius 2 is 2.00 bits per heavy atom. The van der Waals surface area contributed by atoms with Crippen LogP contribution in [0.1, 0.15) is 16.2 Å². The molecule has 0 unspecified atom stereocenters. The average Bonchev–Trinajstić information content (AvgIpc) is 3.06. The van der Waals surface area contributed by atoms with Gasteiger partial charge in [0.2, 0.25) is 0 Å². The van der Waals surface area contributed by atoms with E-state index in [1.54, 1.807) is 16.7 Å². The highest BCUT2D eigenvalue weighted by Gasteiger charge is 2.19. The Labute approximate surface area is 133 Å². The van der Waals surface area contributed by atoms with Gasteiger partial charge in [0, 0.05) is 24.3 Å². The molecule has 0 spiro atoms. The minimum Gasteiger partial charge on any atom is -0.399 e. The van der Waals surface area contributed by atoms with E-state index < -0.39 is 0 Å². The number of imidazole rings is 1. The van der Waals surface area contributed by atoms with E-state index in [1.807, 2.05) is 55.1 Å². The number of nitrogens with zero attached hydrogens (tertiary/aromatic N) is 3. The maximum Gasteiger partial charge on any atom is 0.265 e. The number of benzene rings is 2. The third-order valence-electron chi connectivity index (χ3n) is 4.18. The number of aromatic nitrogens is 3. The maximum absolute atomic E-state index is 13.2. The maximum atomic E-state index is 13.2. The Kier molecular flexibility index (Phi) is 2.78. The van der Waals surface area contributed by atoms with Gasteiger partial charge in [-0.15, -0.1) is 0 Å². The van der Waals surface area contributed by atoms with E-state index in [4.69, 9.17) is 5.73 Å². The zero-order chi connectivity index (χ0) is 16.1. The smallest absolute Gasteiger partial charge is 0.265 e. The van der Waals surface area contributed by atoms with Gasteiger partial charge in [-0.3, -0.25) is 9.36 Å². The van der Waals surface area contributed by atoms with E-state index in [-0.39, 0.29) is 5.91 Å². The number of anilines is 1. The number of carbonyl (C=O) groups excluding carboxylic acids is 1. The summed E-state index contributed by atoms with van der Waals surface area (Å²) in [6.07, 6.45) is 1.96. The van der Waals surface area contributed by atoms with Crippen LogP contribution in [-0.2, 0) is 7.05 Å². The Morgan fingerprint density at radius 1 is 1.17 bits per heavy atom. The first kappa shape index (κ1) is 13.6. The highest BCUT2D eigenvalue weighted by Crippen LogP contribution is 2.24. The number of hydrogen-bond acceptors (Lipinski definition) is 3. The first-order valence-electron chi connectivity index (χ1n) is 7.39. The summed E-state index contributed by atoms with van der Waals surface area (Å²) in [6.45, 7) is 1.83. The molecule has 4 rings (SSSR count). The van der Waals surface area contributed by atoms with Crippen LogP contribution in [0.15, 0.2) is 48.7 Å². The van der Waals surface area contributed by atoms with Crippen molar-refractivity contribution < 1.29 is 4.79 Å². The predicted octanol–water partition coefficient (Wildman–Crippen LogP) is 3.11. The van der Waals surface area contributed by atoms with Crippen molar-refractivity contribution in [2.24, 2.45) is 7.05 Å². The first-order valence-corrected chi connectivity index (χ1v) is 7.39. The number of hydrogen-bond donors (Lipinski definition) is 1. The van der Waals surface area contributed by atoms with E-state index in [9.17, 15) is 4.79 Å². The van der Waals surface area contributed by atoms with Crippen LogP contribution in [0.4, 0.5) is 5.69 Å². The first-order chi connectivity index (χ1) is 11.1. The molecule has 0 radical (unpaired) electrons. The molecule has 0 amide bonds. The van der Waals surface area contributed by atoms with Crippen LogP contribution in [0, 0.1) is 6.92 Å². The summed E-state index contributed by atoms with van der Waals surface area (Å²) in [5.74, 6) is 0.573. The van der Waals surface area contributed by atoms with Crippen molar-refractivity contribution in [3.05, 3.63) is 60.0 Å². The second kappa shape index (κ2) is 4.71. The fraction of sp³-hybridized carbons (Fsp3) is 0.111. The minimum absolute atomic E-state index is 0.0813. The molecule has 0 fully saturated rings. The molecule has 2 aromatic carbocycles. The van der Waals surface area contributed by atoms with E-state index in [0.29, 0.717) is 17.1 Å². The van der Waals surface area contributed by atoms with Crippen LogP contribution in [0.3, 0.4) is 0 Å². The number of fused-ring (bicyclic) bond motifs is 2. The quantitative estimate of drug-likeness (QED) is 0.549. The van der Waals surface area contributed by atoms with Crippen LogP contribution in [0.5, 0.6) is 0 Å². The molecule has 0 aliphatic rings. The molecular formula is C18H16N4O. The highest BCUT2D eigenvalue weighted by molar-refractivity contribution is 6.10. The number of rotatable bonds is 1. The van der Waals surface area contributed by atoms with E-state index in [1.165, 1.54) is 0 Å². The lowest BCUT2D eigenvalue weighted by Crippen LogP contribution is -2.14. The average molecular weight is 304 g/mol. The molecule has 0 aliphatic heterocycles. The summed E-state index contributed by atoms with van der Waals surface area (Å²) in [5.41, 5.74) is 9.54. The molecule has 0 saturated heterocycles. The van der Waals surface area contributed by atoms with Gasteiger partial charge >= 0.3 is 0 Å². The van der Waals surface area contributed by atoms with Crippen LogP contribution in [0.25, 0.3) is 21.9 Å². The van der Waals surface area contributed by atoms with Crippen LogP contribution in [0.2, 0.25) is 0 Å². The van der Waals surface area contributed by atoms with Crippen molar-refractivity contribution in [3.8, 4) is 0 Å². The largest absolute Gasteiger partial charge is 0.399 e. The van der Waals surface area contributed by atoms with Gasteiger partial charge in [0.15, 0.2) is 0 Å².